The van der Waals surface area contributed by atoms with E-state index in [1.54, 1.807) is 31.2 Å². The van der Waals surface area contributed by atoms with Crippen molar-refractivity contribution in [2.75, 3.05) is 24.2 Å². The Morgan fingerprint density at radius 2 is 1.70 bits per heavy atom. The van der Waals surface area contributed by atoms with Crippen LogP contribution >= 0.6 is 15.9 Å². The van der Waals surface area contributed by atoms with Crippen LogP contribution in [0, 0.1) is 6.92 Å². The Hall–Kier alpha value is -2.39. The van der Waals surface area contributed by atoms with E-state index >= 15 is 0 Å². The summed E-state index contributed by atoms with van der Waals surface area (Å²) >= 11 is 3.32. The molecule has 7 nitrogen and oxygen atoms in total. The lowest BCUT2D eigenvalue weighted by Gasteiger charge is -2.31. The summed E-state index contributed by atoms with van der Waals surface area (Å²) in [5.74, 6) is -0.797. The van der Waals surface area contributed by atoms with Crippen LogP contribution in [0.5, 0.6) is 0 Å². The smallest absolute Gasteiger partial charge is 0.244 e. The first-order valence-corrected chi connectivity index (χ1v) is 12.0. The van der Waals surface area contributed by atoms with Gasteiger partial charge in [-0.3, -0.25) is 13.9 Å². The van der Waals surface area contributed by atoms with Gasteiger partial charge in [0.15, 0.2) is 0 Å². The van der Waals surface area contributed by atoms with Crippen molar-refractivity contribution >= 4 is 43.5 Å². The fourth-order valence-electron chi connectivity index (χ4n) is 2.98. The normalized spacial score (nSPS) is 12.2. The third-order valence-electron chi connectivity index (χ3n) is 4.81. The van der Waals surface area contributed by atoms with Crippen molar-refractivity contribution in [1.82, 2.24) is 10.2 Å². The van der Waals surface area contributed by atoms with Crippen molar-refractivity contribution in [1.29, 1.82) is 0 Å². The minimum atomic E-state index is -3.72. The first-order valence-electron chi connectivity index (χ1n) is 9.33. The van der Waals surface area contributed by atoms with Crippen LogP contribution in [0.15, 0.2) is 53.0 Å². The highest BCUT2D eigenvalue weighted by atomic mass is 79.9. The predicted octanol–water partition coefficient (Wildman–Crippen LogP) is 2.69. The summed E-state index contributed by atoms with van der Waals surface area (Å²) in [7, 11) is -2.22. The average molecular weight is 496 g/mol. The molecule has 2 rings (SSSR count). The van der Waals surface area contributed by atoms with E-state index in [0.717, 1.165) is 26.2 Å². The molecule has 0 saturated heterocycles. The Balaban J connectivity index is 2.38. The fourth-order valence-corrected chi connectivity index (χ4v) is 4.10. The number of benzene rings is 2. The molecule has 0 aliphatic heterocycles. The number of hydrogen-bond donors (Lipinski definition) is 1. The van der Waals surface area contributed by atoms with Gasteiger partial charge in [0.25, 0.3) is 0 Å². The van der Waals surface area contributed by atoms with Gasteiger partial charge in [-0.1, -0.05) is 40.2 Å². The van der Waals surface area contributed by atoms with Crippen LogP contribution in [-0.4, -0.2) is 51.0 Å². The zero-order valence-electron chi connectivity index (χ0n) is 17.4. The monoisotopic (exact) mass is 495 g/mol. The molecule has 0 aliphatic rings. The Morgan fingerprint density at radius 1 is 1.10 bits per heavy atom. The van der Waals surface area contributed by atoms with Crippen LogP contribution in [0.3, 0.4) is 0 Å². The highest BCUT2D eigenvalue weighted by molar-refractivity contribution is 9.10. The van der Waals surface area contributed by atoms with E-state index in [1.165, 1.54) is 11.9 Å². The first kappa shape index (κ1) is 23.9. The van der Waals surface area contributed by atoms with Gasteiger partial charge in [-0.15, -0.1) is 0 Å². The number of rotatable bonds is 8. The van der Waals surface area contributed by atoms with E-state index in [0.29, 0.717) is 5.69 Å². The largest absolute Gasteiger partial charge is 0.357 e. The zero-order chi connectivity index (χ0) is 22.5. The van der Waals surface area contributed by atoms with Gasteiger partial charge in [-0.25, -0.2) is 8.42 Å². The molecular weight excluding hydrogens is 470 g/mol. The van der Waals surface area contributed by atoms with E-state index in [-0.39, 0.29) is 12.5 Å². The van der Waals surface area contributed by atoms with Crippen molar-refractivity contribution in [3.8, 4) is 0 Å². The number of nitrogens with one attached hydrogen (secondary N) is 1. The summed E-state index contributed by atoms with van der Waals surface area (Å²) in [6.45, 7) is 3.33. The summed E-state index contributed by atoms with van der Waals surface area (Å²) < 4.78 is 26.7. The second-order valence-corrected chi connectivity index (χ2v) is 9.81. The van der Waals surface area contributed by atoms with Crippen LogP contribution in [0.1, 0.15) is 18.1 Å². The molecule has 9 heteroatoms. The minimum Gasteiger partial charge on any atom is -0.357 e. The van der Waals surface area contributed by atoms with Gasteiger partial charge >= 0.3 is 0 Å². The van der Waals surface area contributed by atoms with Gasteiger partial charge < -0.3 is 10.2 Å². The van der Waals surface area contributed by atoms with Gasteiger partial charge in [0.1, 0.15) is 12.6 Å². The number of likely N-dealkylation sites (N-methyl/N-ethyl adjacent to an activating group) is 1. The van der Waals surface area contributed by atoms with Crippen LogP contribution in [0.4, 0.5) is 5.69 Å². The number of nitrogens with zero attached hydrogens (tertiary/aromatic N) is 2. The predicted molar refractivity (Wildman–Crippen MR) is 122 cm³/mol. The molecule has 0 heterocycles. The molecule has 1 atom stereocenters. The second-order valence-electron chi connectivity index (χ2n) is 6.98. The molecule has 0 bridgehead atoms. The molecule has 0 saturated carbocycles. The van der Waals surface area contributed by atoms with Gasteiger partial charge in [-0.2, -0.15) is 0 Å². The van der Waals surface area contributed by atoms with E-state index < -0.39 is 28.5 Å². The summed E-state index contributed by atoms with van der Waals surface area (Å²) in [5.41, 5.74) is 2.24. The lowest BCUT2D eigenvalue weighted by atomic mass is 10.1. The molecule has 162 valence electrons. The van der Waals surface area contributed by atoms with Crippen LogP contribution in [-0.2, 0) is 26.2 Å². The van der Waals surface area contributed by atoms with E-state index in [2.05, 4.69) is 21.2 Å². The van der Waals surface area contributed by atoms with Gasteiger partial charge in [-0.05, 0) is 49.2 Å². The van der Waals surface area contributed by atoms with Crippen LogP contribution in [0.25, 0.3) is 0 Å². The lowest BCUT2D eigenvalue weighted by Crippen LogP contribution is -2.50. The molecule has 0 aliphatic carbocycles. The number of aryl methyl sites for hydroxylation is 1. The van der Waals surface area contributed by atoms with Gasteiger partial charge in [0, 0.05) is 18.1 Å². The summed E-state index contributed by atoms with van der Waals surface area (Å²) in [6, 6.07) is 13.4. The maximum absolute atomic E-state index is 13.2. The third-order valence-corrected chi connectivity index (χ3v) is 6.48. The minimum absolute atomic E-state index is 0.192. The molecule has 1 unspecified atom stereocenters. The van der Waals surface area contributed by atoms with E-state index in [4.69, 9.17) is 0 Å². The van der Waals surface area contributed by atoms with Crippen molar-refractivity contribution in [2.45, 2.75) is 26.4 Å². The van der Waals surface area contributed by atoms with Crippen LogP contribution in [0.2, 0.25) is 0 Å². The quantitative estimate of drug-likeness (QED) is 0.609. The molecule has 0 radical (unpaired) electrons. The Bertz CT molecular complexity index is 1010. The number of amides is 2. The molecule has 0 spiro atoms. The Kier molecular flexibility index (Phi) is 8.03. The van der Waals surface area contributed by atoms with Crippen molar-refractivity contribution in [2.24, 2.45) is 0 Å². The zero-order valence-corrected chi connectivity index (χ0v) is 19.8. The maximum atomic E-state index is 13.2. The SMILES string of the molecule is CNC(=O)C(C)N(Cc1ccccc1C)C(=O)CN(c1ccc(Br)cc1)S(C)(=O)=O. The molecule has 2 amide bonds. The van der Waals surface area contributed by atoms with Crippen LogP contribution < -0.4 is 9.62 Å². The number of sulfonamides is 1. The Morgan fingerprint density at radius 3 is 2.23 bits per heavy atom. The Labute approximate surface area is 186 Å². The maximum Gasteiger partial charge on any atom is 0.244 e. The summed E-state index contributed by atoms with van der Waals surface area (Å²) in [6.07, 6.45) is 1.05. The van der Waals surface area contributed by atoms with Crippen molar-refractivity contribution < 1.29 is 18.0 Å². The van der Waals surface area contributed by atoms with Crippen molar-refractivity contribution in [3.05, 3.63) is 64.1 Å². The van der Waals surface area contributed by atoms with E-state index in [9.17, 15) is 18.0 Å². The second kappa shape index (κ2) is 10.1. The van der Waals surface area contributed by atoms with E-state index in [1.807, 2.05) is 31.2 Å². The summed E-state index contributed by atoms with van der Waals surface area (Å²) in [4.78, 5) is 26.9. The fraction of sp³-hybridized carbons (Fsp3) is 0.333. The topological polar surface area (TPSA) is 86.8 Å². The molecule has 2 aromatic carbocycles. The number of halogens is 1. The van der Waals surface area contributed by atoms with Gasteiger partial charge in [0.2, 0.25) is 21.8 Å². The molecular formula is C21H26BrN3O4S. The standard InChI is InChI=1S/C21H26BrN3O4S/c1-15-7-5-6-8-17(15)13-24(16(2)21(27)23-3)20(26)14-25(30(4,28)29)19-11-9-18(22)10-12-19/h5-12,16H,13-14H2,1-4H3,(H,23,27). The third kappa shape index (κ3) is 6.06. The first-order chi connectivity index (χ1) is 14.0. The highest BCUT2D eigenvalue weighted by Gasteiger charge is 2.29. The molecule has 2 aromatic rings. The molecule has 0 aromatic heterocycles. The molecule has 1 N–H and O–H groups in total. The average Bonchev–Trinajstić information content (AvgIpc) is 2.70. The lowest BCUT2D eigenvalue weighted by molar-refractivity contribution is -0.139. The molecule has 30 heavy (non-hydrogen) atoms. The highest BCUT2D eigenvalue weighted by Crippen LogP contribution is 2.22. The number of anilines is 1. The van der Waals surface area contributed by atoms with Crippen molar-refractivity contribution in [3.63, 3.8) is 0 Å². The molecule has 0 fully saturated rings. The number of carbonyl (C=O) groups is 2. The number of carbonyl (C=O) groups excluding carboxylic acids is 2. The summed E-state index contributed by atoms with van der Waals surface area (Å²) in [5, 5.41) is 2.55. The van der Waals surface area contributed by atoms with Gasteiger partial charge in [0.05, 0.1) is 11.9 Å². The number of hydrogen-bond acceptors (Lipinski definition) is 4.